The van der Waals surface area contributed by atoms with Crippen molar-refractivity contribution >= 4 is 10.8 Å². The Morgan fingerprint density at radius 1 is 1.13 bits per heavy atom. The van der Waals surface area contributed by atoms with Gasteiger partial charge in [-0.1, -0.05) is 36.4 Å². The lowest BCUT2D eigenvalue weighted by Gasteiger charge is -2.06. The van der Waals surface area contributed by atoms with Crippen LogP contribution in [0.25, 0.3) is 10.8 Å². The number of rotatable bonds is 2. The Kier molecular flexibility index (Phi) is 2.35. The predicted octanol–water partition coefficient (Wildman–Crippen LogP) is 2.11. The molecule has 2 rings (SSSR count). The summed E-state index contributed by atoms with van der Waals surface area (Å²) in [6, 6.07) is 12.4. The van der Waals surface area contributed by atoms with E-state index in [9.17, 15) is 15.2 Å². The minimum absolute atomic E-state index is 0.332. The van der Waals surface area contributed by atoms with Gasteiger partial charge in [-0.3, -0.25) is 10.1 Å². The zero-order chi connectivity index (χ0) is 10.8. The number of nitrogens with zero attached hydrogens (tertiary/aromatic N) is 1. The number of hydrogen-bond donors (Lipinski definition) is 1. The molecule has 1 N–H and O–H groups in total. The van der Waals surface area contributed by atoms with Crippen LogP contribution >= 0.6 is 0 Å². The van der Waals surface area contributed by atoms with E-state index in [1.807, 2.05) is 18.2 Å². The molecule has 0 saturated carbocycles. The van der Waals surface area contributed by atoms with E-state index in [2.05, 4.69) is 0 Å². The Labute approximate surface area is 85.9 Å². The highest BCUT2D eigenvalue weighted by atomic mass is 16.7. The van der Waals surface area contributed by atoms with Gasteiger partial charge in [0.1, 0.15) is 0 Å². The lowest BCUT2D eigenvalue weighted by Crippen LogP contribution is -2.09. The normalized spacial score (nSPS) is 12.6. The van der Waals surface area contributed by atoms with E-state index in [-0.39, 0.29) is 0 Å². The van der Waals surface area contributed by atoms with Crippen molar-refractivity contribution in [2.45, 2.75) is 6.23 Å². The second-order valence-corrected chi connectivity index (χ2v) is 3.23. The Morgan fingerprint density at radius 2 is 1.80 bits per heavy atom. The zero-order valence-corrected chi connectivity index (χ0v) is 7.83. The molecule has 4 heteroatoms. The molecular formula is C11H9NO3. The Morgan fingerprint density at radius 3 is 2.53 bits per heavy atom. The topological polar surface area (TPSA) is 63.4 Å². The maximum Gasteiger partial charge on any atom is 0.340 e. The molecule has 0 aliphatic carbocycles. The van der Waals surface area contributed by atoms with Crippen molar-refractivity contribution in [3.05, 3.63) is 58.1 Å². The van der Waals surface area contributed by atoms with Gasteiger partial charge in [-0.2, -0.15) is 0 Å². The molecule has 0 aliphatic heterocycles. The van der Waals surface area contributed by atoms with Crippen LogP contribution in [0, 0.1) is 10.1 Å². The molecular weight excluding hydrogens is 194 g/mol. The van der Waals surface area contributed by atoms with E-state index in [1.165, 1.54) is 0 Å². The minimum atomic E-state index is -1.66. The molecule has 0 heterocycles. The van der Waals surface area contributed by atoms with Crippen molar-refractivity contribution in [2.24, 2.45) is 0 Å². The van der Waals surface area contributed by atoms with Crippen LogP contribution in [0.2, 0.25) is 0 Å². The smallest absolute Gasteiger partial charge is 0.329 e. The van der Waals surface area contributed by atoms with Gasteiger partial charge in [-0.25, -0.2) is 0 Å². The Balaban J connectivity index is 2.65. The van der Waals surface area contributed by atoms with Gasteiger partial charge < -0.3 is 5.11 Å². The van der Waals surface area contributed by atoms with Crippen molar-refractivity contribution < 1.29 is 10.0 Å². The number of hydrogen-bond acceptors (Lipinski definition) is 3. The molecule has 2 aromatic carbocycles. The second-order valence-electron chi connectivity index (χ2n) is 3.23. The third kappa shape index (κ3) is 1.67. The molecule has 0 radical (unpaired) electrons. The summed E-state index contributed by atoms with van der Waals surface area (Å²) >= 11 is 0. The molecule has 15 heavy (non-hydrogen) atoms. The summed E-state index contributed by atoms with van der Waals surface area (Å²) < 4.78 is 0. The van der Waals surface area contributed by atoms with E-state index in [0.717, 1.165) is 5.39 Å². The van der Waals surface area contributed by atoms with Crippen LogP contribution in [-0.4, -0.2) is 10.0 Å². The lowest BCUT2D eigenvalue weighted by molar-refractivity contribution is -0.578. The highest BCUT2D eigenvalue weighted by molar-refractivity contribution is 5.85. The molecule has 0 amide bonds. The van der Waals surface area contributed by atoms with Gasteiger partial charge in [-0.15, -0.1) is 0 Å². The van der Waals surface area contributed by atoms with Gasteiger partial charge >= 0.3 is 6.23 Å². The van der Waals surface area contributed by atoms with Gasteiger partial charge in [0.15, 0.2) is 0 Å². The van der Waals surface area contributed by atoms with Gasteiger partial charge in [0.05, 0.1) is 10.5 Å². The monoisotopic (exact) mass is 203 g/mol. The Bertz CT molecular complexity index is 505. The summed E-state index contributed by atoms with van der Waals surface area (Å²) in [7, 11) is 0. The third-order valence-corrected chi connectivity index (χ3v) is 2.30. The number of aliphatic hydroxyl groups excluding tert-OH is 1. The second kappa shape index (κ2) is 3.67. The van der Waals surface area contributed by atoms with Crippen molar-refractivity contribution in [3.63, 3.8) is 0 Å². The minimum Gasteiger partial charge on any atom is -0.329 e. The first-order chi connectivity index (χ1) is 7.20. The van der Waals surface area contributed by atoms with E-state index in [4.69, 9.17) is 0 Å². The maximum absolute atomic E-state index is 10.5. The Hall–Kier alpha value is -1.94. The standard InChI is InChI=1S/C11H9NO3/c13-11(12(14)15)10-7-3-5-8-4-1-2-6-9(8)10/h1-7,11,13H. The molecule has 0 aliphatic rings. The third-order valence-electron chi connectivity index (χ3n) is 2.30. The highest BCUT2D eigenvalue weighted by Gasteiger charge is 2.20. The number of benzene rings is 2. The average Bonchev–Trinajstić information content (AvgIpc) is 2.27. The quantitative estimate of drug-likeness (QED) is 0.462. The van der Waals surface area contributed by atoms with Crippen LogP contribution in [0.3, 0.4) is 0 Å². The SMILES string of the molecule is O=[N+]([O-])C(O)c1cccc2ccccc12. The first kappa shape index (κ1) is 9.61. The largest absolute Gasteiger partial charge is 0.340 e. The summed E-state index contributed by atoms with van der Waals surface area (Å²) in [4.78, 5) is 9.79. The number of aliphatic hydroxyl groups is 1. The number of nitro groups is 1. The molecule has 0 saturated heterocycles. The predicted molar refractivity (Wildman–Crippen MR) is 55.9 cm³/mol. The summed E-state index contributed by atoms with van der Waals surface area (Å²) in [5, 5.41) is 21.5. The summed E-state index contributed by atoms with van der Waals surface area (Å²) in [5.74, 6) is 0. The molecule has 0 fully saturated rings. The lowest BCUT2D eigenvalue weighted by atomic mass is 10.0. The average molecular weight is 203 g/mol. The van der Waals surface area contributed by atoms with E-state index in [1.54, 1.807) is 24.3 Å². The van der Waals surface area contributed by atoms with Gasteiger partial charge in [0, 0.05) is 0 Å². The first-order valence-electron chi connectivity index (χ1n) is 4.49. The molecule has 0 aromatic heterocycles. The first-order valence-corrected chi connectivity index (χ1v) is 4.49. The molecule has 1 atom stereocenters. The molecule has 76 valence electrons. The van der Waals surface area contributed by atoms with Gasteiger partial charge in [-0.05, 0) is 16.8 Å². The highest BCUT2D eigenvalue weighted by Crippen LogP contribution is 2.24. The van der Waals surface area contributed by atoms with Crippen LogP contribution in [0.1, 0.15) is 11.8 Å². The van der Waals surface area contributed by atoms with E-state index < -0.39 is 11.2 Å². The summed E-state index contributed by atoms with van der Waals surface area (Å²) in [6.45, 7) is 0. The molecule has 0 bridgehead atoms. The van der Waals surface area contributed by atoms with Gasteiger partial charge in [0.2, 0.25) is 0 Å². The zero-order valence-electron chi connectivity index (χ0n) is 7.83. The van der Waals surface area contributed by atoms with Gasteiger partial charge in [0.25, 0.3) is 0 Å². The van der Waals surface area contributed by atoms with E-state index >= 15 is 0 Å². The van der Waals surface area contributed by atoms with Crippen LogP contribution in [-0.2, 0) is 0 Å². The fourth-order valence-corrected chi connectivity index (χ4v) is 1.59. The maximum atomic E-state index is 10.5. The van der Waals surface area contributed by atoms with E-state index in [0.29, 0.717) is 10.9 Å². The van der Waals surface area contributed by atoms with Crippen molar-refractivity contribution in [1.29, 1.82) is 0 Å². The molecule has 0 spiro atoms. The van der Waals surface area contributed by atoms with Crippen molar-refractivity contribution in [3.8, 4) is 0 Å². The van der Waals surface area contributed by atoms with Crippen LogP contribution < -0.4 is 0 Å². The van der Waals surface area contributed by atoms with Crippen LogP contribution in [0.5, 0.6) is 0 Å². The molecule has 4 nitrogen and oxygen atoms in total. The van der Waals surface area contributed by atoms with Crippen LogP contribution in [0.4, 0.5) is 0 Å². The van der Waals surface area contributed by atoms with Crippen LogP contribution in [0.15, 0.2) is 42.5 Å². The fraction of sp³-hybridized carbons (Fsp3) is 0.0909. The summed E-state index contributed by atoms with van der Waals surface area (Å²) in [5.41, 5.74) is 0.332. The number of fused-ring (bicyclic) bond motifs is 1. The summed E-state index contributed by atoms with van der Waals surface area (Å²) in [6.07, 6.45) is -1.66. The molecule has 2 aromatic rings. The van der Waals surface area contributed by atoms with Crippen molar-refractivity contribution in [1.82, 2.24) is 0 Å². The molecule has 1 unspecified atom stereocenters. The fourth-order valence-electron chi connectivity index (χ4n) is 1.59. The van der Waals surface area contributed by atoms with Crippen molar-refractivity contribution in [2.75, 3.05) is 0 Å².